The first-order chi connectivity index (χ1) is 22.8. The van der Waals surface area contributed by atoms with Crippen LogP contribution in [-0.4, -0.2) is 0 Å². The van der Waals surface area contributed by atoms with Crippen molar-refractivity contribution in [3.63, 3.8) is 0 Å². The maximum absolute atomic E-state index is 6.50. The molecule has 0 aliphatic heterocycles. The molecule has 0 N–H and O–H groups in total. The Hall–Kier alpha value is -5.70. The lowest BCUT2D eigenvalue weighted by molar-refractivity contribution is 0.669. The minimum atomic E-state index is 0.916. The Kier molecular flexibility index (Phi) is 5.51. The van der Waals surface area contributed by atoms with Crippen molar-refractivity contribution in [1.82, 2.24) is 0 Å². The highest BCUT2D eigenvalue weighted by Crippen LogP contribution is 2.46. The molecular weight excluding hydrogens is 577 g/mol. The zero-order valence-electron chi connectivity index (χ0n) is 24.8. The summed E-state index contributed by atoms with van der Waals surface area (Å²) in [7, 11) is 0. The summed E-state index contributed by atoms with van der Waals surface area (Å²) in [6.45, 7) is 0. The molecule has 0 amide bonds. The SMILES string of the molecule is c1ccc(-c2csc3cc4c(cc23)oc2ccc(-c3c5ccccc5c(-c5ccc6ccccc6c5)c5ccccc35)cc24)cc1. The number of thiophene rings is 1. The van der Waals surface area contributed by atoms with Crippen LogP contribution in [0, 0.1) is 0 Å². The molecule has 10 aromatic rings. The van der Waals surface area contributed by atoms with Crippen LogP contribution in [0.4, 0.5) is 0 Å². The third-order valence-corrected chi connectivity index (χ3v) is 10.5. The largest absolute Gasteiger partial charge is 0.456 e. The van der Waals surface area contributed by atoms with E-state index < -0.39 is 0 Å². The van der Waals surface area contributed by atoms with E-state index in [1.165, 1.54) is 75.8 Å². The molecule has 0 saturated carbocycles. The second-order valence-corrected chi connectivity index (χ2v) is 13.0. The molecule has 0 spiro atoms. The van der Waals surface area contributed by atoms with Crippen molar-refractivity contribution in [3.05, 3.63) is 157 Å². The van der Waals surface area contributed by atoms with E-state index in [4.69, 9.17) is 4.42 Å². The fourth-order valence-electron chi connectivity index (χ4n) is 7.39. The van der Waals surface area contributed by atoms with Crippen molar-refractivity contribution in [1.29, 1.82) is 0 Å². The first-order valence-electron chi connectivity index (χ1n) is 15.7. The fourth-order valence-corrected chi connectivity index (χ4v) is 8.38. The van der Waals surface area contributed by atoms with E-state index in [1.807, 2.05) is 0 Å². The van der Waals surface area contributed by atoms with Crippen molar-refractivity contribution in [2.45, 2.75) is 0 Å². The lowest BCUT2D eigenvalue weighted by Crippen LogP contribution is -1.91. The predicted octanol–water partition coefficient (Wildman–Crippen LogP) is 13.3. The van der Waals surface area contributed by atoms with E-state index in [9.17, 15) is 0 Å². The minimum absolute atomic E-state index is 0.916. The maximum atomic E-state index is 6.50. The topological polar surface area (TPSA) is 13.1 Å². The van der Waals surface area contributed by atoms with Crippen LogP contribution in [-0.2, 0) is 0 Å². The number of hydrogen-bond donors (Lipinski definition) is 0. The molecule has 0 unspecified atom stereocenters. The molecule has 0 atom stereocenters. The zero-order valence-corrected chi connectivity index (χ0v) is 25.6. The summed E-state index contributed by atoms with van der Waals surface area (Å²) in [6.07, 6.45) is 0. The molecule has 214 valence electrons. The number of hydrogen-bond acceptors (Lipinski definition) is 2. The van der Waals surface area contributed by atoms with Crippen molar-refractivity contribution in [2.24, 2.45) is 0 Å². The molecule has 0 bridgehead atoms. The predicted molar refractivity (Wildman–Crippen MR) is 198 cm³/mol. The van der Waals surface area contributed by atoms with Crippen LogP contribution in [0.3, 0.4) is 0 Å². The van der Waals surface area contributed by atoms with Gasteiger partial charge in [-0.1, -0.05) is 121 Å². The van der Waals surface area contributed by atoms with Crippen molar-refractivity contribution in [2.75, 3.05) is 0 Å². The van der Waals surface area contributed by atoms with E-state index in [2.05, 4.69) is 157 Å². The monoisotopic (exact) mass is 602 g/mol. The van der Waals surface area contributed by atoms with E-state index in [1.54, 1.807) is 11.3 Å². The number of fused-ring (bicyclic) bond motifs is 7. The van der Waals surface area contributed by atoms with Crippen LogP contribution < -0.4 is 0 Å². The first-order valence-corrected chi connectivity index (χ1v) is 16.5. The summed E-state index contributed by atoms with van der Waals surface area (Å²) in [5, 5.41) is 13.4. The summed E-state index contributed by atoms with van der Waals surface area (Å²) in [5.41, 5.74) is 9.31. The van der Waals surface area contributed by atoms with Gasteiger partial charge in [0, 0.05) is 26.4 Å². The molecule has 0 fully saturated rings. The average molecular weight is 603 g/mol. The molecule has 2 heteroatoms. The van der Waals surface area contributed by atoms with Crippen molar-refractivity contribution in [3.8, 4) is 33.4 Å². The Labute approximate surface area is 269 Å². The summed E-state index contributed by atoms with van der Waals surface area (Å²) >= 11 is 1.80. The van der Waals surface area contributed by atoms with Gasteiger partial charge in [0.2, 0.25) is 0 Å². The van der Waals surface area contributed by atoms with Crippen molar-refractivity contribution >= 4 is 75.7 Å². The molecule has 2 aromatic heterocycles. The standard InChI is InChI=1S/C44H26OS/c1-2-11-28(12-3-1)39-26-46-42-25-37-36-23-31(20-21-40(36)45-41(37)24-38(39)42)44-34-16-8-6-14-32(34)43(33-15-7-9-17-35(33)44)30-19-18-27-10-4-5-13-29(27)22-30/h1-26H. The molecule has 0 radical (unpaired) electrons. The first kappa shape index (κ1) is 25.6. The van der Waals surface area contributed by atoms with Gasteiger partial charge in [-0.05, 0) is 95.8 Å². The van der Waals surface area contributed by atoms with Crippen LogP contribution in [0.25, 0.3) is 97.7 Å². The average Bonchev–Trinajstić information content (AvgIpc) is 3.70. The van der Waals surface area contributed by atoms with Gasteiger partial charge < -0.3 is 4.42 Å². The Morgan fingerprint density at radius 1 is 0.370 bits per heavy atom. The summed E-state index contributed by atoms with van der Waals surface area (Å²) < 4.78 is 7.78. The normalized spacial score (nSPS) is 11.9. The molecule has 0 aliphatic rings. The highest BCUT2D eigenvalue weighted by atomic mass is 32.1. The van der Waals surface area contributed by atoms with Crippen LogP contribution in [0.1, 0.15) is 0 Å². The Morgan fingerprint density at radius 2 is 0.957 bits per heavy atom. The highest BCUT2D eigenvalue weighted by Gasteiger charge is 2.19. The fraction of sp³-hybridized carbons (Fsp3) is 0. The van der Waals surface area contributed by atoms with Gasteiger partial charge in [-0.2, -0.15) is 0 Å². The van der Waals surface area contributed by atoms with E-state index in [0.717, 1.165) is 21.9 Å². The van der Waals surface area contributed by atoms with Gasteiger partial charge in [0.25, 0.3) is 0 Å². The molecule has 46 heavy (non-hydrogen) atoms. The molecule has 0 aliphatic carbocycles. The van der Waals surface area contributed by atoms with Gasteiger partial charge in [0.05, 0.1) is 0 Å². The number of furan rings is 1. The zero-order chi connectivity index (χ0) is 30.2. The third kappa shape index (κ3) is 3.81. The third-order valence-electron chi connectivity index (χ3n) is 9.51. The lowest BCUT2D eigenvalue weighted by atomic mass is 9.85. The summed E-state index contributed by atoms with van der Waals surface area (Å²) in [5.74, 6) is 0. The minimum Gasteiger partial charge on any atom is -0.456 e. The highest BCUT2D eigenvalue weighted by molar-refractivity contribution is 7.17. The lowest BCUT2D eigenvalue weighted by Gasteiger charge is -2.18. The molecule has 2 heterocycles. The van der Waals surface area contributed by atoms with Crippen LogP contribution >= 0.6 is 11.3 Å². The van der Waals surface area contributed by atoms with Crippen LogP contribution in [0.2, 0.25) is 0 Å². The Balaban J connectivity index is 1.22. The van der Waals surface area contributed by atoms with Gasteiger partial charge in [-0.25, -0.2) is 0 Å². The van der Waals surface area contributed by atoms with E-state index >= 15 is 0 Å². The number of rotatable bonds is 3. The molecular formula is C44H26OS. The Bertz CT molecular complexity index is 2740. The smallest absolute Gasteiger partial charge is 0.136 e. The van der Waals surface area contributed by atoms with Gasteiger partial charge in [-0.3, -0.25) is 0 Å². The van der Waals surface area contributed by atoms with Crippen LogP contribution in [0.15, 0.2) is 161 Å². The van der Waals surface area contributed by atoms with Gasteiger partial charge in [0.1, 0.15) is 11.2 Å². The second-order valence-electron chi connectivity index (χ2n) is 12.1. The van der Waals surface area contributed by atoms with Gasteiger partial charge in [-0.15, -0.1) is 11.3 Å². The number of benzene rings is 8. The molecule has 0 saturated heterocycles. The van der Waals surface area contributed by atoms with Gasteiger partial charge >= 0.3 is 0 Å². The molecule has 8 aromatic carbocycles. The van der Waals surface area contributed by atoms with E-state index in [-0.39, 0.29) is 0 Å². The molecule has 10 rings (SSSR count). The summed E-state index contributed by atoms with van der Waals surface area (Å²) in [6, 6.07) is 55.1. The van der Waals surface area contributed by atoms with Crippen LogP contribution in [0.5, 0.6) is 0 Å². The van der Waals surface area contributed by atoms with Gasteiger partial charge in [0.15, 0.2) is 0 Å². The quantitative estimate of drug-likeness (QED) is 0.183. The Morgan fingerprint density at radius 3 is 1.67 bits per heavy atom. The summed E-state index contributed by atoms with van der Waals surface area (Å²) in [4.78, 5) is 0. The van der Waals surface area contributed by atoms with Crippen molar-refractivity contribution < 1.29 is 4.42 Å². The maximum Gasteiger partial charge on any atom is 0.136 e. The van der Waals surface area contributed by atoms with E-state index in [0.29, 0.717) is 0 Å². The second kappa shape index (κ2) is 9.90. The molecule has 1 nitrogen and oxygen atoms in total.